The van der Waals surface area contributed by atoms with Crippen molar-refractivity contribution in [3.05, 3.63) is 29.3 Å². The zero-order valence-electron chi connectivity index (χ0n) is 11.3. The third kappa shape index (κ3) is 3.74. The number of halogens is 2. The number of ether oxygens (including phenoxy) is 2. The first-order valence-electron chi connectivity index (χ1n) is 5.90. The first kappa shape index (κ1) is 16.0. The zero-order chi connectivity index (χ0) is 15.3. The van der Waals surface area contributed by atoms with Crippen molar-refractivity contribution in [2.45, 2.75) is 20.0 Å². The van der Waals surface area contributed by atoms with Gasteiger partial charge in [-0.25, -0.2) is 13.6 Å². The second-order valence-electron chi connectivity index (χ2n) is 3.89. The number of nitrogens with one attached hydrogen (secondary N) is 1. The van der Waals surface area contributed by atoms with E-state index in [1.54, 1.807) is 6.92 Å². The summed E-state index contributed by atoms with van der Waals surface area (Å²) in [6.45, 7) is 3.51. The SMILES string of the molecule is CCOC(C)C(=O)Nc1cc(C(=O)OC)c(F)cc1F. The molecule has 20 heavy (non-hydrogen) atoms. The number of hydrogen-bond acceptors (Lipinski definition) is 4. The van der Waals surface area contributed by atoms with E-state index in [0.29, 0.717) is 12.7 Å². The number of methoxy groups -OCH3 is 1. The summed E-state index contributed by atoms with van der Waals surface area (Å²) in [6, 6.07) is 1.39. The van der Waals surface area contributed by atoms with Crippen LogP contribution in [-0.4, -0.2) is 31.7 Å². The molecule has 0 radical (unpaired) electrons. The fourth-order valence-corrected chi connectivity index (χ4v) is 1.47. The predicted octanol–water partition coefficient (Wildman–Crippen LogP) is 2.11. The Morgan fingerprint density at radius 3 is 2.50 bits per heavy atom. The summed E-state index contributed by atoms with van der Waals surface area (Å²) >= 11 is 0. The highest BCUT2D eigenvalue weighted by molar-refractivity contribution is 5.96. The van der Waals surface area contributed by atoms with Crippen LogP contribution in [0.25, 0.3) is 0 Å². The average Bonchev–Trinajstić information content (AvgIpc) is 2.41. The topological polar surface area (TPSA) is 64.6 Å². The Morgan fingerprint density at radius 2 is 1.95 bits per heavy atom. The zero-order valence-corrected chi connectivity index (χ0v) is 11.3. The highest BCUT2D eigenvalue weighted by Crippen LogP contribution is 2.20. The van der Waals surface area contributed by atoms with Crippen molar-refractivity contribution >= 4 is 17.6 Å². The molecule has 1 unspecified atom stereocenters. The van der Waals surface area contributed by atoms with Crippen LogP contribution >= 0.6 is 0 Å². The van der Waals surface area contributed by atoms with Crippen molar-refractivity contribution in [3.8, 4) is 0 Å². The number of carbonyl (C=O) groups excluding carboxylic acids is 2. The molecule has 5 nitrogen and oxygen atoms in total. The highest BCUT2D eigenvalue weighted by Gasteiger charge is 2.19. The Labute approximate surface area is 114 Å². The third-order valence-electron chi connectivity index (χ3n) is 2.51. The lowest BCUT2D eigenvalue weighted by atomic mass is 10.1. The second kappa shape index (κ2) is 6.95. The Balaban J connectivity index is 3.01. The molecule has 0 aliphatic heterocycles. The maximum atomic E-state index is 13.6. The van der Waals surface area contributed by atoms with Crippen molar-refractivity contribution in [2.75, 3.05) is 19.0 Å². The molecule has 1 N–H and O–H groups in total. The van der Waals surface area contributed by atoms with Gasteiger partial charge in [0.05, 0.1) is 18.4 Å². The maximum Gasteiger partial charge on any atom is 0.340 e. The van der Waals surface area contributed by atoms with Crippen LogP contribution in [0.5, 0.6) is 0 Å². The normalized spacial score (nSPS) is 11.8. The summed E-state index contributed by atoms with van der Waals surface area (Å²) in [5.74, 6) is -3.62. The second-order valence-corrected chi connectivity index (χ2v) is 3.89. The fourth-order valence-electron chi connectivity index (χ4n) is 1.47. The summed E-state index contributed by atoms with van der Waals surface area (Å²) in [4.78, 5) is 23.0. The molecule has 1 amide bonds. The van der Waals surface area contributed by atoms with Gasteiger partial charge in [-0.2, -0.15) is 0 Å². The van der Waals surface area contributed by atoms with Crippen LogP contribution in [0.15, 0.2) is 12.1 Å². The number of amides is 1. The maximum absolute atomic E-state index is 13.6. The monoisotopic (exact) mass is 287 g/mol. The molecule has 0 aliphatic rings. The molecule has 0 aromatic heterocycles. The van der Waals surface area contributed by atoms with Gasteiger partial charge in [0, 0.05) is 12.7 Å². The van der Waals surface area contributed by atoms with Crippen LogP contribution in [-0.2, 0) is 14.3 Å². The lowest BCUT2D eigenvalue weighted by Crippen LogP contribution is -2.28. The molecule has 0 saturated heterocycles. The summed E-state index contributed by atoms with van der Waals surface area (Å²) in [6.07, 6.45) is -0.800. The number of hydrogen-bond donors (Lipinski definition) is 1. The summed E-state index contributed by atoms with van der Waals surface area (Å²) in [7, 11) is 1.07. The van der Waals surface area contributed by atoms with Gasteiger partial charge in [-0.05, 0) is 19.9 Å². The minimum atomic E-state index is -1.06. The molecule has 0 bridgehead atoms. The number of benzene rings is 1. The van der Waals surface area contributed by atoms with Gasteiger partial charge in [0.1, 0.15) is 17.7 Å². The van der Waals surface area contributed by atoms with Crippen molar-refractivity contribution in [3.63, 3.8) is 0 Å². The Hall–Kier alpha value is -2.02. The number of rotatable bonds is 5. The molecule has 7 heteroatoms. The third-order valence-corrected chi connectivity index (χ3v) is 2.51. The van der Waals surface area contributed by atoms with Gasteiger partial charge in [0.25, 0.3) is 5.91 Å². The van der Waals surface area contributed by atoms with Crippen LogP contribution in [0, 0.1) is 11.6 Å². The van der Waals surface area contributed by atoms with Crippen LogP contribution in [0.3, 0.4) is 0 Å². The molecule has 1 aromatic carbocycles. The van der Waals surface area contributed by atoms with Gasteiger partial charge >= 0.3 is 5.97 Å². The quantitative estimate of drug-likeness (QED) is 0.842. The first-order chi connectivity index (χ1) is 9.40. The van der Waals surface area contributed by atoms with E-state index in [1.165, 1.54) is 6.92 Å². The summed E-state index contributed by atoms with van der Waals surface area (Å²) in [5, 5.41) is 2.23. The van der Waals surface area contributed by atoms with Crippen molar-refractivity contribution in [1.82, 2.24) is 0 Å². The lowest BCUT2D eigenvalue weighted by Gasteiger charge is -2.13. The van der Waals surface area contributed by atoms with E-state index in [2.05, 4.69) is 10.1 Å². The van der Waals surface area contributed by atoms with E-state index in [9.17, 15) is 18.4 Å². The molecule has 0 heterocycles. The summed E-state index contributed by atoms with van der Waals surface area (Å²) in [5.41, 5.74) is -0.781. The summed E-state index contributed by atoms with van der Waals surface area (Å²) < 4.78 is 36.4. The van der Waals surface area contributed by atoms with Crippen LogP contribution in [0.4, 0.5) is 14.5 Å². The minimum absolute atomic E-state index is 0.313. The standard InChI is InChI=1S/C13H15F2NO4/c1-4-20-7(2)12(17)16-11-5-8(13(18)19-3)9(14)6-10(11)15/h5-7H,4H2,1-3H3,(H,16,17). The van der Waals surface area contributed by atoms with E-state index in [-0.39, 0.29) is 5.69 Å². The molecule has 0 spiro atoms. The lowest BCUT2D eigenvalue weighted by molar-refractivity contribution is -0.126. The molecular weight excluding hydrogens is 272 g/mol. The van der Waals surface area contributed by atoms with Gasteiger partial charge in [-0.3, -0.25) is 4.79 Å². The van der Waals surface area contributed by atoms with Crippen molar-refractivity contribution in [2.24, 2.45) is 0 Å². The number of anilines is 1. The number of esters is 1. The van der Waals surface area contributed by atoms with E-state index in [4.69, 9.17) is 4.74 Å². The molecule has 0 aliphatic carbocycles. The van der Waals surface area contributed by atoms with E-state index >= 15 is 0 Å². The smallest absolute Gasteiger partial charge is 0.340 e. The van der Waals surface area contributed by atoms with Crippen molar-refractivity contribution < 1.29 is 27.8 Å². The molecule has 110 valence electrons. The van der Waals surface area contributed by atoms with Gasteiger partial charge in [0.15, 0.2) is 0 Å². The highest BCUT2D eigenvalue weighted by atomic mass is 19.1. The largest absolute Gasteiger partial charge is 0.465 e. The Bertz CT molecular complexity index is 519. The van der Waals surface area contributed by atoms with Gasteiger partial charge in [-0.1, -0.05) is 0 Å². The molecule has 0 saturated carbocycles. The average molecular weight is 287 g/mol. The molecule has 1 aromatic rings. The minimum Gasteiger partial charge on any atom is -0.465 e. The van der Waals surface area contributed by atoms with E-state index in [0.717, 1.165) is 13.2 Å². The molecule has 1 atom stereocenters. The van der Waals surface area contributed by atoms with E-state index < -0.39 is 35.2 Å². The molecule has 1 rings (SSSR count). The van der Waals surface area contributed by atoms with Gasteiger partial charge < -0.3 is 14.8 Å². The van der Waals surface area contributed by atoms with Crippen LogP contribution in [0.1, 0.15) is 24.2 Å². The van der Waals surface area contributed by atoms with Gasteiger partial charge in [-0.15, -0.1) is 0 Å². The van der Waals surface area contributed by atoms with Crippen molar-refractivity contribution in [1.29, 1.82) is 0 Å². The Morgan fingerprint density at radius 1 is 1.30 bits per heavy atom. The van der Waals surface area contributed by atoms with Crippen LogP contribution < -0.4 is 5.32 Å². The van der Waals surface area contributed by atoms with Gasteiger partial charge in [0.2, 0.25) is 0 Å². The Kier molecular flexibility index (Phi) is 5.57. The molecule has 0 fully saturated rings. The fraction of sp³-hybridized carbons (Fsp3) is 0.385. The van der Waals surface area contributed by atoms with Crippen LogP contribution in [0.2, 0.25) is 0 Å². The number of carbonyl (C=O) groups is 2. The first-order valence-corrected chi connectivity index (χ1v) is 5.90. The molecular formula is C13H15F2NO4. The predicted molar refractivity (Wildman–Crippen MR) is 67.4 cm³/mol. The van der Waals surface area contributed by atoms with E-state index in [1.807, 2.05) is 0 Å².